The first-order chi connectivity index (χ1) is 12.9. The molecule has 0 radical (unpaired) electrons. The zero-order chi connectivity index (χ0) is 17.3. The third kappa shape index (κ3) is 2.56. The zero-order valence-electron chi connectivity index (χ0n) is 14.4. The van der Waals surface area contributed by atoms with E-state index >= 15 is 0 Å². The smallest absolute Gasteiger partial charge is 0.158 e. The van der Waals surface area contributed by atoms with Crippen LogP contribution in [0.15, 0.2) is 55.0 Å². The highest BCUT2D eigenvalue weighted by Crippen LogP contribution is 2.36. The number of aromatic nitrogens is 4. The molecule has 1 saturated heterocycles. The number of aryl methyl sites for hydroxylation is 1. The summed E-state index contributed by atoms with van der Waals surface area (Å²) in [6.07, 6.45) is 12.0. The molecule has 0 amide bonds. The molecule has 1 aliphatic carbocycles. The fourth-order valence-electron chi connectivity index (χ4n) is 3.77. The summed E-state index contributed by atoms with van der Waals surface area (Å²) in [6.45, 7) is 1.80. The molecule has 0 bridgehead atoms. The van der Waals surface area contributed by atoms with E-state index in [4.69, 9.17) is 0 Å². The van der Waals surface area contributed by atoms with Crippen LogP contribution in [0.5, 0.6) is 0 Å². The van der Waals surface area contributed by atoms with E-state index in [0.29, 0.717) is 5.92 Å². The summed E-state index contributed by atoms with van der Waals surface area (Å²) in [5.41, 5.74) is 5.70. The molecule has 1 aliphatic heterocycles. The monoisotopic (exact) mass is 341 g/mol. The molecule has 0 spiro atoms. The molecule has 1 aromatic carbocycles. The van der Waals surface area contributed by atoms with E-state index in [1.807, 2.05) is 24.4 Å². The summed E-state index contributed by atoms with van der Waals surface area (Å²) in [5.74, 6) is 1.36. The Morgan fingerprint density at radius 3 is 2.73 bits per heavy atom. The Labute approximate surface area is 152 Å². The van der Waals surface area contributed by atoms with Crippen molar-refractivity contribution in [1.29, 1.82) is 0 Å². The van der Waals surface area contributed by atoms with Crippen molar-refractivity contribution in [2.45, 2.75) is 18.8 Å². The molecule has 0 saturated carbocycles. The van der Waals surface area contributed by atoms with Gasteiger partial charge < -0.3 is 4.90 Å². The van der Waals surface area contributed by atoms with Crippen molar-refractivity contribution in [3.05, 3.63) is 71.8 Å². The molecule has 2 aliphatic rings. The Kier molecular flexibility index (Phi) is 3.70. The minimum Gasteiger partial charge on any atom is -0.353 e. The zero-order valence-corrected chi connectivity index (χ0v) is 14.4. The van der Waals surface area contributed by atoms with Crippen LogP contribution >= 0.6 is 0 Å². The van der Waals surface area contributed by atoms with Crippen LogP contribution in [0.25, 0.3) is 17.3 Å². The Hall–Kier alpha value is -3.08. The maximum absolute atomic E-state index is 4.65. The first kappa shape index (κ1) is 15.2. The fourth-order valence-corrected chi connectivity index (χ4v) is 3.77. The largest absolute Gasteiger partial charge is 0.353 e. The van der Waals surface area contributed by atoms with Crippen LogP contribution in [0.2, 0.25) is 0 Å². The van der Waals surface area contributed by atoms with Crippen molar-refractivity contribution in [1.82, 2.24) is 20.2 Å². The summed E-state index contributed by atoms with van der Waals surface area (Å²) >= 11 is 0. The quantitative estimate of drug-likeness (QED) is 0.730. The lowest BCUT2D eigenvalue weighted by molar-refractivity contribution is 0.505. The molecular weight excluding hydrogens is 322 g/mol. The number of nitrogens with zero attached hydrogens (tertiary/aromatic N) is 5. The van der Waals surface area contributed by atoms with Gasteiger partial charge in [-0.25, -0.2) is 0 Å². The first-order valence-corrected chi connectivity index (χ1v) is 9.02. The van der Waals surface area contributed by atoms with Gasteiger partial charge in [-0.05, 0) is 18.4 Å². The van der Waals surface area contributed by atoms with Crippen LogP contribution in [0.4, 0.5) is 5.82 Å². The molecule has 0 unspecified atom stereocenters. The number of anilines is 1. The molecule has 2 aromatic heterocycles. The number of allylic oxidation sites excluding steroid dienone is 1. The average Bonchev–Trinajstić information content (AvgIpc) is 2.68. The molecule has 128 valence electrons. The van der Waals surface area contributed by atoms with Gasteiger partial charge in [-0.3, -0.25) is 9.97 Å². The third-order valence-corrected chi connectivity index (χ3v) is 5.16. The predicted molar refractivity (Wildman–Crippen MR) is 102 cm³/mol. The van der Waals surface area contributed by atoms with E-state index in [9.17, 15) is 0 Å². The molecule has 1 fully saturated rings. The Balaban J connectivity index is 1.42. The van der Waals surface area contributed by atoms with Gasteiger partial charge in [0.05, 0.1) is 17.6 Å². The highest BCUT2D eigenvalue weighted by atomic mass is 15.3. The summed E-state index contributed by atoms with van der Waals surface area (Å²) in [5, 5.41) is 8.62. The highest BCUT2D eigenvalue weighted by Gasteiger charge is 2.34. The lowest BCUT2D eigenvalue weighted by Gasteiger charge is -2.41. The summed E-state index contributed by atoms with van der Waals surface area (Å²) in [4.78, 5) is 11.6. The lowest BCUT2D eigenvalue weighted by atomic mass is 9.91. The molecule has 3 heterocycles. The number of hydrogen-bond donors (Lipinski definition) is 0. The topological polar surface area (TPSA) is 54.8 Å². The van der Waals surface area contributed by atoms with Crippen LogP contribution < -0.4 is 4.90 Å². The molecule has 0 N–H and O–H groups in total. The highest BCUT2D eigenvalue weighted by molar-refractivity contribution is 5.70. The van der Waals surface area contributed by atoms with Crippen molar-refractivity contribution >= 4 is 11.9 Å². The molecule has 5 rings (SSSR count). The second kappa shape index (κ2) is 6.33. The first-order valence-electron chi connectivity index (χ1n) is 9.02. The number of hydrogen-bond acceptors (Lipinski definition) is 5. The van der Waals surface area contributed by atoms with Gasteiger partial charge in [0, 0.05) is 42.5 Å². The van der Waals surface area contributed by atoms with E-state index in [0.717, 1.165) is 48.7 Å². The SMILES string of the molecule is C1=Cc2c(cnnc2N2CC(c3nccnc3-c3ccccc3)C2)CC1. The van der Waals surface area contributed by atoms with E-state index < -0.39 is 0 Å². The van der Waals surface area contributed by atoms with Gasteiger partial charge in [-0.2, -0.15) is 5.10 Å². The molecule has 0 atom stereocenters. The molecular formula is C21H19N5. The summed E-state index contributed by atoms with van der Waals surface area (Å²) in [7, 11) is 0. The third-order valence-electron chi connectivity index (χ3n) is 5.16. The standard InChI is InChI=1S/C21H19N5/c1-2-6-15(7-3-1)19-20(23-11-10-22-19)17-13-26(14-17)21-18-9-5-4-8-16(18)12-24-25-21/h1-3,5-7,9-12,17H,4,8,13-14H2. The Bertz CT molecular complexity index is 961. The Morgan fingerprint density at radius 2 is 1.85 bits per heavy atom. The van der Waals surface area contributed by atoms with Gasteiger partial charge in [0.2, 0.25) is 0 Å². The van der Waals surface area contributed by atoms with E-state index in [1.165, 1.54) is 11.1 Å². The van der Waals surface area contributed by atoms with E-state index in [2.05, 4.69) is 49.4 Å². The fraction of sp³-hybridized carbons (Fsp3) is 0.238. The number of benzene rings is 1. The minimum absolute atomic E-state index is 0.365. The summed E-state index contributed by atoms with van der Waals surface area (Å²) < 4.78 is 0. The molecule has 3 aromatic rings. The molecule has 5 nitrogen and oxygen atoms in total. The van der Waals surface area contributed by atoms with Gasteiger partial charge in [0.15, 0.2) is 5.82 Å². The van der Waals surface area contributed by atoms with Crippen LogP contribution in [0, 0.1) is 0 Å². The van der Waals surface area contributed by atoms with Gasteiger partial charge in [-0.1, -0.05) is 42.5 Å². The van der Waals surface area contributed by atoms with E-state index in [1.54, 1.807) is 12.4 Å². The average molecular weight is 341 g/mol. The maximum Gasteiger partial charge on any atom is 0.158 e. The normalized spacial score (nSPS) is 16.2. The van der Waals surface area contributed by atoms with Crippen LogP contribution in [0.1, 0.15) is 29.2 Å². The Morgan fingerprint density at radius 1 is 1.00 bits per heavy atom. The molecule has 5 heteroatoms. The van der Waals surface area contributed by atoms with Gasteiger partial charge in [0.25, 0.3) is 0 Å². The van der Waals surface area contributed by atoms with Gasteiger partial charge in [-0.15, -0.1) is 5.10 Å². The van der Waals surface area contributed by atoms with Crippen molar-refractivity contribution < 1.29 is 0 Å². The number of fused-ring (bicyclic) bond motifs is 1. The van der Waals surface area contributed by atoms with Gasteiger partial charge >= 0.3 is 0 Å². The lowest BCUT2D eigenvalue weighted by Crippen LogP contribution is -2.46. The number of rotatable bonds is 3. The van der Waals surface area contributed by atoms with Crippen molar-refractivity contribution in [2.75, 3.05) is 18.0 Å². The second-order valence-corrected chi connectivity index (χ2v) is 6.81. The maximum atomic E-state index is 4.65. The van der Waals surface area contributed by atoms with Crippen molar-refractivity contribution in [3.8, 4) is 11.3 Å². The van der Waals surface area contributed by atoms with E-state index in [-0.39, 0.29) is 0 Å². The van der Waals surface area contributed by atoms with Gasteiger partial charge in [0.1, 0.15) is 0 Å². The van der Waals surface area contributed by atoms with Crippen molar-refractivity contribution in [3.63, 3.8) is 0 Å². The molecule has 26 heavy (non-hydrogen) atoms. The summed E-state index contributed by atoms with van der Waals surface area (Å²) in [6, 6.07) is 10.3. The minimum atomic E-state index is 0.365. The second-order valence-electron chi connectivity index (χ2n) is 6.81. The van der Waals surface area contributed by atoms with Crippen molar-refractivity contribution in [2.24, 2.45) is 0 Å². The predicted octanol–water partition coefficient (Wildman–Crippen LogP) is 3.50. The van der Waals surface area contributed by atoms with Crippen LogP contribution in [0.3, 0.4) is 0 Å². The van der Waals surface area contributed by atoms with Crippen LogP contribution in [-0.4, -0.2) is 33.3 Å². The van der Waals surface area contributed by atoms with Crippen LogP contribution in [-0.2, 0) is 6.42 Å².